The number of nitrogens with one attached hydrogen (secondary N) is 1. The molecule has 0 saturated heterocycles. The van der Waals surface area contributed by atoms with E-state index in [0.29, 0.717) is 32.4 Å². The Bertz CT molecular complexity index is 761. The number of halogens is 1. The maximum atomic E-state index is 10.5. The molecule has 0 amide bonds. The van der Waals surface area contributed by atoms with Crippen LogP contribution in [0.1, 0.15) is 23.5 Å². The smallest absolute Gasteiger partial charge is 0.130 e. The second-order valence-corrected chi connectivity index (χ2v) is 7.71. The van der Waals surface area contributed by atoms with Gasteiger partial charge in [0, 0.05) is 55.6 Å². The third kappa shape index (κ3) is 5.27. The van der Waals surface area contributed by atoms with E-state index < -0.39 is 6.10 Å². The number of hydrogen-bond acceptors (Lipinski definition) is 6. The lowest BCUT2D eigenvalue weighted by molar-refractivity contribution is 0.0716. The Morgan fingerprint density at radius 3 is 2.82 bits per heavy atom. The van der Waals surface area contributed by atoms with Crippen LogP contribution in [-0.2, 0) is 24.1 Å². The predicted molar refractivity (Wildman–Crippen MR) is 108 cm³/mol. The van der Waals surface area contributed by atoms with Gasteiger partial charge in [0.15, 0.2) is 0 Å². The zero-order valence-corrected chi connectivity index (χ0v) is 16.8. The first kappa shape index (κ1) is 21.1. The Labute approximate surface area is 170 Å². The molecule has 1 fully saturated rings. The van der Waals surface area contributed by atoms with Crippen molar-refractivity contribution in [3.8, 4) is 0 Å². The van der Waals surface area contributed by atoms with Crippen molar-refractivity contribution in [2.24, 2.45) is 11.8 Å². The Kier molecular flexibility index (Phi) is 7.76. The summed E-state index contributed by atoms with van der Waals surface area (Å²) in [6, 6.07) is 9.71. The summed E-state index contributed by atoms with van der Waals surface area (Å²) in [5.41, 5.74) is 1.94. The van der Waals surface area contributed by atoms with Gasteiger partial charge in [0.1, 0.15) is 5.82 Å². The van der Waals surface area contributed by atoms with E-state index in [1.807, 2.05) is 30.3 Å². The van der Waals surface area contributed by atoms with Crippen LogP contribution in [0.5, 0.6) is 0 Å². The van der Waals surface area contributed by atoms with Crippen molar-refractivity contribution in [2.45, 2.75) is 38.0 Å². The maximum Gasteiger partial charge on any atom is 0.130 e. The average molecular weight is 406 g/mol. The summed E-state index contributed by atoms with van der Waals surface area (Å²) < 4.78 is 5.10. The van der Waals surface area contributed by atoms with Gasteiger partial charge >= 0.3 is 0 Å². The minimum absolute atomic E-state index is 0.0439. The van der Waals surface area contributed by atoms with E-state index in [0.717, 1.165) is 22.1 Å². The molecule has 0 unspecified atom stereocenters. The topological polar surface area (TPSA) is 87.5 Å². The molecular formula is C21H28ClN3O3. The molecule has 4 atom stereocenters. The lowest BCUT2D eigenvalue weighted by atomic mass is 9.88. The van der Waals surface area contributed by atoms with E-state index in [1.165, 1.54) is 0 Å². The van der Waals surface area contributed by atoms with Gasteiger partial charge in [0.05, 0.1) is 12.7 Å². The van der Waals surface area contributed by atoms with Crippen molar-refractivity contribution in [2.75, 3.05) is 20.3 Å². The molecule has 3 rings (SSSR count). The Morgan fingerprint density at radius 2 is 2.07 bits per heavy atom. The number of nitrogens with zero attached hydrogens (tertiary/aromatic N) is 2. The van der Waals surface area contributed by atoms with E-state index in [2.05, 4.69) is 15.3 Å². The number of ether oxygens (including phenoxy) is 1. The van der Waals surface area contributed by atoms with Crippen LogP contribution in [0, 0.1) is 11.8 Å². The van der Waals surface area contributed by atoms with Gasteiger partial charge in [-0.05, 0) is 36.5 Å². The number of aromatic nitrogens is 2. The van der Waals surface area contributed by atoms with Crippen molar-refractivity contribution in [1.29, 1.82) is 0 Å². The van der Waals surface area contributed by atoms with Gasteiger partial charge in [0.2, 0.25) is 0 Å². The van der Waals surface area contributed by atoms with Crippen LogP contribution >= 0.6 is 11.6 Å². The monoisotopic (exact) mass is 405 g/mol. The fraction of sp³-hybridized carbons (Fsp3) is 0.524. The first-order valence-electron chi connectivity index (χ1n) is 9.67. The molecular weight excluding hydrogens is 378 g/mol. The number of hydrogen-bond donors (Lipinski definition) is 3. The van der Waals surface area contributed by atoms with E-state index in [4.69, 9.17) is 16.3 Å². The van der Waals surface area contributed by atoms with Crippen molar-refractivity contribution < 1.29 is 14.9 Å². The van der Waals surface area contributed by atoms with E-state index in [1.54, 1.807) is 13.3 Å². The largest absolute Gasteiger partial charge is 0.396 e. The molecule has 1 aromatic carbocycles. The van der Waals surface area contributed by atoms with Crippen LogP contribution in [0.15, 0.2) is 36.5 Å². The van der Waals surface area contributed by atoms with Crippen molar-refractivity contribution >= 4 is 11.6 Å². The number of rotatable bonds is 9. The van der Waals surface area contributed by atoms with Crippen molar-refractivity contribution in [1.82, 2.24) is 15.3 Å². The highest BCUT2D eigenvalue weighted by Gasteiger charge is 2.42. The molecule has 7 heteroatoms. The Balaban J connectivity index is 1.70. The van der Waals surface area contributed by atoms with Crippen LogP contribution < -0.4 is 5.32 Å². The molecule has 1 saturated carbocycles. The second-order valence-electron chi connectivity index (χ2n) is 7.30. The highest BCUT2D eigenvalue weighted by atomic mass is 35.5. The molecule has 3 N–H and O–H groups in total. The minimum atomic E-state index is -0.534. The fourth-order valence-corrected chi connectivity index (χ4v) is 4.17. The SMILES string of the molecule is COCCc1nccc(C[C@@H]2[C@@H](CO)[C@H](O)C[C@H]2NCc2ccccc2Cl)n1. The van der Waals surface area contributed by atoms with Gasteiger partial charge in [-0.3, -0.25) is 0 Å². The first-order chi connectivity index (χ1) is 13.6. The normalized spacial score (nSPS) is 24.6. The number of methoxy groups -OCH3 is 1. The van der Waals surface area contributed by atoms with Gasteiger partial charge in [-0.2, -0.15) is 0 Å². The minimum Gasteiger partial charge on any atom is -0.396 e. The molecule has 1 aliphatic carbocycles. The molecule has 152 valence electrons. The lowest BCUT2D eigenvalue weighted by Crippen LogP contribution is -2.36. The van der Waals surface area contributed by atoms with Crippen LogP contribution in [0.25, 0.3) is 0 Å². The summed E-state index contributed by atoms with van der Waals surface area (Å²) in [5, 5.41) is 24.6. The summed E-state index contributed by atoms with van der Waals surface area (Å²) in [6.07, 6.45) is 3.16. The summed E-state index contributed by atoms with van der Waals surface area (Å²) >= 11 is 6.26. The van der Waals surface area contributed by atoms with Crippen molar-refractivity contribution in [3.05, 3.63) is 58.6 Å². The fourth-order valence-electron chi connectivity index (χ4n) is 3.97. The van der Waals surface area contributed by atoms with Crippen LogP contribution in [-0.4, -0.2) is 52.7 Å². The third-order valence-corrected chi connectivity index (χ3v) is 5.89. The average Bonchev–Trinajstić information content (AvgIpc) is 3.00. The molecule has 0 spiro atoms. The first-order valence-corrected chi connectivity index (χ1v) is 10.1. The lowest BCUT2D eigenvalue weighted by Gasteiger charge is -2.25. The number of aliphatic hydroxyl groups is 2. The van der Waals surface area contributed by atoms with E-state index in [-0.39, 0.29) is 24.5 Å². The zero-order chi connectivity index (χ0) is 19.9. The van der Waals surface area contributed by atoms with Crippen LogP contribution in [0.3, 0.4) is 0 Å². The molecule has 0 radical (unpaired) electrons. The van der Waals surface area contributed by atoms with Gasteiger partial charge in [-0.1, -0.05) is 29.8 Å². The summed E-state index contributed by atoms with van der Waals surface area (Å²) in [5.74, 6) is 0.646. The Morgan fingerprint density at radius 1 is 1.25 bits per heavy atom. The number of benzene rings is 1. The van der Waals surface area contributed by atoms with Gasteiger partial charge in [-0.15, -0.1) is 0 Å². The third-order valence-electron chi connectivity index (χ3n) is 5.52. The van der Waals surface area contributed by atoms with Crippen molar-refractivity contribution in [3.63, 3.8) is 0 Å². The van der Waals surface area contributed by atoms with Gasteiger partial charge in [0.25, 0.3) is 0 Å². The number of aliphatic hydroxyl groups excluding tert-OH is 2. The summed E-state index contributed by atoms with van der Waals surface area (Å²) in [6.45, 7) is 1.15. The van der Waals surface area contributed by atoms with Gasteiger partial charge < -0.3 is 20.3 Å². The highest BCUT2D eigenvalue weighted by Crippen LogP contribution is 2.35. The zero-order valence-electron chi connectivity index (χ0n) is 16.1. The van der Waals surface area contributed by atoms with E-state index >= 15 is 0 Å². The quantitative estimate of drug-likeness (QED) is 0.591. The van der Waals surface area contributed by atoms with Gasteiger partial charge in [-0.25, -0.2) is 9.97 Å². The maximum absolute atomic E-state index is 10.5. The molecule has 6 nitrogen and oxygen atoms in total. The highest BCUT2D eigenvalue weighted by molar-refractivity contribution is 6.31. The van der Waals surface area contributed by atoms with Crippen LogP contribution in [0.2, 0.25) is 5.02 Å². The standard InChI is InChI=1S/C21H28ClN3O3/c1-28-9-7-21-23-8-6-15(25-21)10-16-17(13-26)20(27)11-19(16)24-12-14-4-2-3-5-18(14)22/h2-6,8,16-17,19-20,24,26-27H,7,9-13H2,1H3/t16-,17-,19-,20-/m1/s1. The summed E-state index contributed by atoms with van der Waals surface area (Å²) in [7, 11) is 1.66. The molecule has 2 aromatic rings. The Hall–Kier alpha value is -1.57. The molecule has 28 heavy (non-hydrogen) atoms. The second kappa shape index (κ2) is 10.3. The molecule has 1 aliphatic rings. The summed E-state index contributed by atoms with van der Waals surface area (Å²) in [4.78, 5) is 8.92. The van der Waals surface area contributed by atoms with Crippen LogP contribution in [0.4, 0.5) is 0 Å². The van der Waals surface area contributed by atoms with E-state index in [9.17, 15) is 10.2 Å². The molecule has 0 bridgehead atoms. The molecule has 1 aromatic heterocycles. The molecule has 0 aliphatic heterocycles. The molecule has 1 heterocycles. The predicted octanol–water partition coefficient (Wildman–Crippen LogP) is 2.01.